The summed E-state index contributed by atoms with van der Waals surface area (Å²) in [5.74, 6) is -1.94. The van der Waals surface area contributed by atoms with Crippen molar-refractivity contribution in [1.82, 2.24) is 0 Å². The van der Waals surface area contributed by atoms with Crippen LogP contribution in [0.1, 0.15) is 53.8 Å². The number of carboxylic acids is 1. The second-order valence-electron chi connectivity index (χ2n) is 4.34. The Labute approximate surface area is 127 Å². The summed E-state index contributed by atoms with van der Waals surface area (Å²) in [4.78, 5) is 23.3. The molecule has 1 aromatic rings. The van der Waals surface area contributed by atoms with E-state index in [1.165, 1.54) is 6.07 Å². The summed E-state index contributed by atoms with van der Waals surface area (Å²) < 4.78 is 5.31. The second kappa shape index (κ2) is 7.50. The zero-order chi connectivity index (χ0) is 15.3. The number of hydrogen-bond donors (Lipinski definition) is 1. The fourth-order valence-corrected chi connectivity index (χ4v) is 2.10. The molecule has 1 rings (SSSR count). The molecule has 1 aromatic carbocycles. The smallest absolute Gasteiger partial charge is 0.339 e. The Morgan fingerprint density at radius 1 is 1.20 bits per heavy atom. The molecule has 0 aliphatic heterocycles. The van der Waals surface area contributed by atoms with Crippen molar-refractivity contribution < 1.29 is 19.4 Å². The Balaban J connectivity index is 3.08. The van der Waals surface area contributed by atoms with E-state index >= 15 is 0 Å². The van der Waals surface area contributed by atoms with E-state index in [9.17, 15) is 9.59 Å². The lowest BCUT2D eigenvalue weighted by Gasteiger charge is -2.16. The molecule has 0 aliphatic carbocycles. The Kier molecular flexibility index (Phi) is 6.30. The molecule has 1 unspecified atom stereocenters. The first-order valence-corrected chi connectivity index (χ1v) is 7.09. The van der Waals surface area contributed by atoms with Crippen molar-refractivity contribution in [1.29, 1.82) is 0 Å². The summed E-state index contributed by atoms with van der Waals surface area (Å²) in [5, 5.41) is 9.32. The van der Waals surface area contributed by atoms with Gasteiger partial charge in [0.15, 0.2) is 0 Å². The largest absolute Gasteiger partial charge is 0.478 e. The lowest BCUT2D eigenvalue weighted by atomic mass is 10.1. The van der Waals surface area contributed by atoms with Crippen LogP contribution < -0.4 is 0 Å². The first kappa shape index (κ1) is 16.8. The van der Waals surface area contributed by atoms with Gasteiger partial charge in [-0.25, -0.2) is 9.59 Å². The second-order valence-corrected chi connectivity index (χ2v) is 5.16. The number of esters is 1. The molecule has 0 bridgehead atoms. The minimum absolute atomic E-state index is 0.0820. The first-order chi connectivity index (χ1) is 9.40. The fourth-order valence-electron chi connectivity index (χ4n) is 1.78. The number of carboxylic acid groups (broad SMARTS) is 1. The zero-order valence-electron chi connectivity index (χ0n) is 11.3. The molecule has 0 heterocycles. The minimum atomic E-state index is -1.25. The van der Waals surface area contributed by atoms with Crippen LogP contribution >= 0.6 is 23.2 Å². The topological polar surface area (TPSA) is 63.6 Å². The average Bonchev–Trinajstić information content (AvgIpc) is 2.40. The highest BCUT2D eigenvalue weighted by molar-refractivity contribution is 6.42. The van der Waals surface area contributed by atoms with Gasteiger partial charge in [0.25, 0.3) is 0 Å². The number of ether oxygens (including phenoxy) is 1. The number of hydrogen-bond acceptors (Lipinski definition) is 3. The summed E-state index contributed by atoms with van der Waals surface area (Å²) in [7, 11) is 0. The van der Waals surface area contributed by atoms with Gasteiger partial charge < -0.3 is 9.84 Å². The van der Waals surface area contributed by atoms with Crippen LogP contribution in [0.25, 0.3) is 0 Å². The van der Waals surface area contributed by atoms with E-state index in [4.69, 9.17) is 33.0 Å². The molecule has 0 radical (unpaired) electrons. The summed E-state index contributed by atoms with van der Waals surface area (Å²) >= 11 is 11.6. The van der Waals surface area contributed by atoms with Crippen LogP contribution in [0.2, 0.25) is 10.0 Å². The van der Waals surface area contributed by atoms with Crippen molar-refractivity contribution in [3.8, 4) is 0 Å². The Morgan fingerprint density at radius 3 is 2.20 bits per heavy atom. The average molecular weight is 319 g/mol. The van der Waals surface area contributed by atoms with Gasteiger partial charge in [-0.05, 0) is 25.0 Å². The van der Waals surface area contributed by atoms with Gasteiger partial charge in [0.1, 0.15) is 6.10 Å². The maximum atomic E-state index is 12.1. The van der Waals surface area contributed by atoms with E-state index in [1.54, 1.807) is 0 Å². The molecule has 0 aromatic heterocycles. The van der Waals surface area contributed by atoms with Crippen LogP contribution in [0.15, 0.2) is 12.1 Å². The van der Waals surface area contributed by atoms with Gasteiger partial charge >= 0.3 is 11.9 Å². The maximum Gasteiger partial charge on any atom is 0.339 e. The molecule has 0 saturated carbocycles. The quantitative estimate of drug-likeness (QED) is 0.788. The monoisotopic (exact) mass is 318 g/mol. The summed E-state index contributed by atoms with van der Waals surface area (Å²) in [6, 6.07) is 2.39. The first-order valence-electron chi connectivity index (χ1n) is 6.34. The fraction of sp³-hybridized carbons (Fsp3) is 0.429. The molecule has 20 heavy (non-hydrogen) atoms. The van der Waals surface area contributed by atoms with Crippen LogP contribution in [0.5, 0.6) is 0 Å². The molecule has 0 fully saturated rings. The van der Waals surface area contributed by atoms with Gasteiger partial charge in [0.05, 0.1) is 21.2 Å². The number of carbonyl (C=O) groups is 2. The van der Waals surface area contributed by atoms with Crippen LogP contribution in [-0.2, 0) is 4.74 Å². The van der Waals surface area contributed by atoms with E-state index in [0.29, 0.717) is 6.42 Å². The van der Waals surface area contributed by atoms with Crippen LogP contribution in [0, 0.1) is 0 Å². The van der Waals surface area contributed by atoms with Gasteiger partial charge in [-0.3, -0.25) is 0 Å². The summed E-state index contributed by atoms with van der Waals surface area (Å²) in [6.07, 6.45) is 2.04. The molecule has 0 spiro atoms. The van der Waals surface area contributed by atoms with Crippen LogP contribution in [0.4, 0.5) is 0 Å². The number of halogens is 2. The Hall–Kier alpha value is -1.26. The van der Waals surface area contributed by atoms with Crippen LogP contribution in [0.3, 0.4) is 0 Å². The zero-order valence-corrected chi connectivity index (χ0v) is 12.8. The van der Waals surface area contributed by atoms with Gasteiger partial charge in [-0.2, -0.15) is 0 Å². The summed E-state index contributed by atoms with van der Waals surface area (Å²) in [5.41, 5.74) is -0.294. The number of aromatic carboxylic acids is 1. The van der Waals surface area contributed by atoms with Crippen molar-refractivity contribution >= 4 is 35.1 Å². The van der Waals surface area contributed by atoms with E-state index in [0.717, 1.165) is 18.9 Å². The third-order valence-corrected chi connectivity index (χ3v) is 3.57. The maximum absolute atomic E-state index is 12.1. The highest BCUT2D eigenvalue weighted by Crippen LogP contribution is 2.27. The summed E-state index contributed by atoms with van der Waals surface area (Å²) in [6.45, 7) is 3.89. The van der Waals surface area contributed by atoms with E-state index in [-0.39, 0.29) is 27.3 Å². The number of carbonyl (C=O) groups excluding carboxylic acids is 1. The molecule has 110 valence electrons. The highest BCUT2D eigenvalue weighted by Gasteiger charge is 2.22. The molecule has 4 nitrogen and oxygen atoms in total. The van der Waals surface area contributed by atoms with Crippen molar-refractivity contribution in [2.75, 3.05) is 0 Å². The van der Waals surface area contributed by atoms with Gasteiger partial charge in [0.2, 0.25) is 0 Å². The van der Waals surface area contributed by atoms with Gasteiger partial charge in [-0.1, -0.05) is 43.5 Å². The molecular weight excluding hydrogens is 303 g/mol. The third kappa shape index (κ3) is 4.12. The third-order valence-electron chi connectivity index (χ3n) is 2.85. The van der Waals surface area contributed by atoms with Gasteiger partial charge in [0, 0.05) is 0 Å². The number of benzene rings is 1. The Bertz CT molecular complexity index is 514. The van der Waals surface area contributed by atoms with Gasteiger partial charge in [-0.15, -0.1) is 0 Å². The molecule has 6 heteroatoms. The van der Waals surface area contributed by atoms with Crippen molar-refractivity contribution in [3.63, 3.8) is 0 Å². The molecule has 1 atom stereocenters. The van der Waals surface area contributed by atoms with Crippen molar-refractivity contribution in [2.24, 2.45) is 0 Å². The van der Waals surface area contributed by atoms with E-state index in [2.05, 4.69) is 0 Å². The molecule has 1 N–H and O–H groups in total. The van der Waals surface area contributed by atoms with E-state index < -0.39 is 11.9 Å². The molecular formula is C14H16Cl2O4. The predicted molar refractivity (Wildman–Crippen MR) is 77.8 cm³/mol. The molecule has 0 aliphatic rings. The lowest BCUT2D eigenvalue weighted by Crippen LogP contribution is -2.19. The standard InChI is InChI=1S/C14H16Cl2O4/c1-3-5-8(4-2)20-14(19)10-7-12(16)11(15)6-9(10)13(17)18/h6-8H,3-5H2,1-2H3,(H,17,18). The van der Waals surface area contributed by atoms with Crippen LogP contribution in [-0.4, -0.2) is 23.1 Å². The van der Waals surface area contributed by atoms with E-state index in [1.807, 2.05) is 13.8 Å². The minimum Gasteiger partial charge on any atom is -0.478 e. The predicted octanol–water partition coefficient (Wildman–Crippen LogP) is 4.43. The normalized spacial score (nSPS) is 12.0. The van der Waals surface area contributed by atoms with Crippen molar-refractivity contribution in [2.45, 2.75) is 39.2 Å². The molecule has 0 amide bonds. The SMILES string of the molecule is CCCC(CC)OC(=O)c1cc(Cl)c(Cl)cc1C(=O)O. The van der Waals surface area contributed by atoms with Crippen molar-refractivity contribution in [3.05, 3.63) is 33.3 Å². The lowest BCUT2D eigenvalue weighted by molar-refractivity contribution is 0.0266. The molecule has 0 saturated heterocycles. The number of rotatable bonds is 6. The Morgan fingerprint density at radius 2 is 1.75 bits per heavy atom. The highest BCUT2D eigenvalue weighted by atomic mass is 35.5.